The van der Waals surface area contributed by atoms with Crippen molar-refractivity contribution in [3.8, 4) is 18.1 Å². The molecular formula is C20H24N4O3. The van der Waals surface area contributed by atoms with Gasteiger partial charge >= 0.3 is 0 Å². The average Bonchev–Trinajstić information content (AvgIpc) is 3.50. The van der Waals surface area contributed by atoms with Gasteiger partial charge in [-0.05, 0) is 12.1 Å². The van der Waals surface area contributed by atoms with Crippen molar-refractivity contribution >= 4 is 11.8 Å². The molecule has 0 aliphatic carbocycles. The molecule has 1 saturated heterocycles. The van der Waals surface area contributed by atoms with E-state index in [1.165, 1.54) is 0 Å². The van der Waals surface area contributed by atoms with Gasteiger partial charge < -0.3 is 14.5 Å². The van der Waals surface area contributed by atoms with Crippen molar-refractivity contribution in [2.24, 2.45) is 10.2 Å². The van der Waals surface area contributed by atoms with Gasteiger partial charge in [-0.2, -0.15) is 10.2 Å². The molecule has 0 bridgehead atoms. The highest BCUT2D eigenvalue weighted by Gasteiger charge is 2.39. The number of carbonyl (C=O) groups excluding carboxylic acids is 2. The molecule has 7 nitrogen and oxygen atoms in total. The van der Waals surface area contributed by atoms with Crippen LogP contribution in [0.1, 0.15) is 36.0 Å². The molecule has 2 heterocycles. The van der Waals surface area contributed by atoms with Crippen LogP contribution in [-0.4, -0.2) is 60.6 Å². The average molecular weight is 368 g/mol. The van der Waals surface area contributed by atoms with Crippen molar-refractivity contribution in [3.63, 3.8) is 0 Å². The van der Waals surface area contributed by atoms with Crippen LogP contribution in [0.15, 0.2) is 34.5 Å². The van der Waals surface area contributed by atoms with Gasteiger partial charge in [0, 0.05) is 51.9 Å². The van der Waals surface area contributed by atoms with E-state index >= 15 is 0 Å². The maximum Gasteiger partial charge on any atom is 0.257 e. The fourth-order valence-corrected chi connectivity index (χ4v) is 3.28. The van der Waals surface area contributed by atoms with E-state index in [0.29, 0.717) is 63.2 Å². The summed E-state index contributed by atoms with van der Waals surface area (Å²) in [7, 11) is 1.55. The minimum Gasteiger partial charge on any atom is -0.496 e. The molecule has 0 radical (unpaired) electrons. The Labute approximate surface area is 159 Å². The Morgan fingerprint density at radius 1 is 1.15 bits per heavy atom. The third kappa shape index (κ3) is 4.45. The molecule has 0 spiro atoms. The van der Waals surface area contributed by atoms with Crippen LogP contribution >= 0.6 is 0 Å². The summed E-state index contributed by atoms with van der Waals surface area (Å²) < 4.78 is 5.27. The first-order chi connectivity index (χ1) is 13.1. The molecule has 2 amide bonds. The van der Waals surface area contributed by atoms with Crippen molar-refractivity contribution < 1.29 is 14.3 Å². The molecule has 0 saturated carbocycles. The maximum absolute atomic E-state index is 12.7. The van der Waals surface area contributed by atoms with Gasteiger partial charge in [0.15, 0.2) is 5.66 Å². The third-order valence-electron chi connectivity index (χ3n) is 5.05. The third-order valence-corrected chi connectivity index (χ3v) is 5.05. The second-order valence-corrected chi connectivity index (χ2v) is 6.76. The monoisotopic (exact) mass is 368 g/mol. The number of terminal acetylenes is 1. The lowest BCUT2D eigenvalue weighted by Crippen LogP contribution is -2.50. The summed E-state index contributed by atoms with van der Waals surface area (Å²) in [6, 6.07) is 7.19. The molecule has 27 heavy (non-hydrogen) atoms. The molecule has 3 rings (SSSR count). The maximum atomic E-state index is 12.7. The quantitative estimate of drug-likeness (QED) is 0.693. The molecule has 1 aromatic rings. The highest BCUT2D eigenvalue weighted by Crippen LogP contribution is 2.37. The van der Waals surface area contributed by atoms with E-state index in [1.807, 2.05) is 17.0 Å². The largest absolute Gasteiger partial charge is 0.496 e. The summed E-state index contributed by atoms with van der Waals surface area (Å²) in [6.07, 6.45) is 7.61. The number of benzene rings is 1. The first-order valence-corrected chi connectivity index (χ1v) is 9.16. The molecule has 1 aromatic carbocycles. The summed E-state index contributed by atoms with van der Waals surface area (Å²) in [4.78, 5) is 28.8. The number of carbonyl (C=O) groups is 2. The smallest absolute Gasteiger partial charge is 0.257 e. The van der Waals surface area contributed by atoms with Gasteiger partial charge in [0.1, 0.15) is 5.75 Å². The highest BCUT2D eigenvalue weighted by molar-refractivity contribution is 5.97. The van der Waals surface area contributed by atoms with E-state index in [4.69, 9.17) is 11.2 Å². The first kappa shape index (κ1) is 18.9. The van der Waals surface area contributed by atoms with Gasteiger partial charge in [0.25, 0.3) is 5.91 Å². The minimum atomic E-state index is -0.427. The molecule has 0 aromatic heterocycles. The number of piperazine rings is 1. The summed E-state index contributed by atoms with van der Waals surface area (Å²) in [5.74, 6) is 3.17. The van der Waals surface area contributed by atoms with Gasteiger partial charge in [0.2, 0.25) is 5.91 Å². The van der Waals surface area contributed by atoms with Crippen molar-refractivity contribution in [1.29, 1.82) is 0 Å². The fourth-order valence-electron chi connectivity index (χ4n) is 3.28. The lowest BCUT2D eigenvalue weighted by molar-refractivity contribution is -0.132. The van der Waals surface area contributed by atoms with Crippen LogP contribution in [0.4, 0.5) is 0 Å². The predicted octanol–water partition coefficient (Wildman–Crippen LogP) is 2.34. The Morgan fingerprint density at radius 3 is 2.44 bits per heavy atom. The zero-order valence-corrected chi connectivity index (χ0v) is 15.6. The fraction of sp³-hybridized carbons (Fsp3) is 0.500. The number of amides is 2. The minimum absolute atomic E-state index is 0.0663. The van der Waals surface area contributed by atoms with Gasteiger partial charge in [0.05, 0.1) is 12.7 Å². The van der Waals surface area contributed by atoms with Crippen LogP contribution in [0.2, 0.25) is 0 Å². The van der Waals surface area contributed by atoms with Gasteiger partial charge in [-0.3, -0.25) is 9.59 Å². The number of rotatable bonds is 7. The molecule has 7 heteroatoms. The normalized spacial score (nSPS) is 17.3. The predicted molar refractivity (Wildman–Crippen MR) is 100 cm³/mol. The first-order valence-electron chi connectivity index (χ1n) is 9.16. The van der Waals surface area contributed by atoms with E-state index in [0.717, 1.165) is 0 Å². The Hall–Kier alpha value is -2.88. The summed E-state index contributed by atoms with van der Waals surface area (Å²) >= 11 is 0. The Morgan fingerprint density at radius 2 is 1.81 bits per heavy atom. The number of hydrogen-bond acceptors (Lipinski definition) is 5. The molecule has 0 atom stereocenters. The lowest BCUT2D eigenvalue weighted by atomic mass is 10.0. The molecule has 142 valence electrons. The van der Waals surface area contributed by atoms with Gasteiger partial charge in [-0.15, -0.1) is 12.3 Å². The number of hydrogen-bond donors (Lipinski definition) is 0. The summed E-state index contributed by atoms with van der Waals surface area (Å²) in [6.45, 7) is 2.09. The molecule has 1 fully saturated rings. The van der Waals surface area contributed by atoms with Gasteiger partial charge in [-0.1, -0.05) is 12.1 Å². The Bertz CT molecular complexity index is 770. The SMILES string of the molecule is C#CCCC1(CCC(=O)N2CCN(C(=O)c3ccccc3OC)CC2)N=N1. The lowest BCUT2D eigenvalue weighted by Gasteiger charge is -2.35. The number of para-hydroxylation sites is 1. The van der Waals surface area contributed by atoms with Crippen LogP contribution in [0.5, 0.6) is 5.75 Å². The van der Waals surface area contributed by atoms with Crippen molar-refractivity contribution in [2.45, 2.75) is 31.3 Å². The number of nitrogens with zero attached hydrogens (tertiary/aromatic N) is 4. The van der Waals surface area contributed by atoms with Crippen LogP contribution < -0.4 is 4.74 Å². The topological polar surface area (TPSA) is 74.6 Å². The second-order valence-electron chi connectivity index (χ2n) is 6.76. The number of ether oxygens (including phenoxy) is 1. The highest BCUT2D eigenvalue weighted by atomic mass is 16.5. The molecule has 2 aliphatic heterocycles. The molecule has 0 unspecified atom stereocenters. The van der Waals surface area contributed by atoms with Crippen LogP contribution in [0, 0.1) is 12.3 Å². The summed E-state index contributed by atoms with van der Waals surface area (Å²) in [5, 5.41) is 8.14. The standard InChI is InChI=1S/C20H24N4O3/c1-3-4-10-20(21-22-20)11-9-18(25)23-12-14-24(15-13-23)19(26)16-7-5-6-8-17(16)27-2/h1,5-8H,4,9-15H2,2H3. The van der Waals surface area contributed by atoms with Crippen molar-refractivity contribution in [2.75, 3.05) is 33.3 Å². The van der Waals surface area contributed by atoms with E-state index < -0.39 is 5.66 Å². The zero-order valence-electron chi connectivity index (χ0n) is 15.6. The zero-order chi connectivity index (χ0) is 19.3. The summed E-state index contributed by atoms with van der Waals surface area (Å²) in [5.41, 5.74) is 0.121. The number of methoxy groups -OCH3 is 1. The van der Waals surface area contributed by atoms with E-state index in [-0.39, 0.29) is 11.8 Å². The van der Waals surface area contributed by atoms with E-state index in [2.05, 4.69) is 16.1 Å². The molecule has 0 N–H and O–H groups in total. The molecular weight excluding hydrogens is 344 g/mol. The Balaban J connectivity index is 1.48. The van der Waals surface area contributed by atoms with E-state index in [1.54, 1.807) is 24.1 Å². The van der Waals surface area contributed by atoms with E-state index in [9.17, 15) is 9.59 Å². The van der Waals surface area contributed by atoms with Crippen molar-refractivity contribution in [3.05, 3.63) is 29.8 Å². The second kappa shape index (κ2) is 8.21. The van der Waals surface area contributed by atoms with Crippen LogP contribution in [0.3, 0.4) is 0 Å². The van der Waals surface area contributed by atoms with Crippen LogP contribution in [0.25, 0.3) is 0 Å². The van der Waals surface area contributed by atoms with Crippen molar-refractivity contribution in [1.82, 2.24) is 9.80 Å². The Kier molecular flexibility index (Phi) is 5.75. The van der Waals surface area contributed by atoms with Crippen LogP contribution in [-0.2, 0) is 4.79 Å². The molecule has 2 aliphatic rings. The van der Waals surface area contributed by atoms with Gasteiger partial charge in [-0.25, -0.2) is 0 Å².